The summed E-state index contributed by atoms with van der Waals surface area (Å²) in [6, 6.07) is 5.69. The van der Waals surface area contributed by atoms with Gasteiger partial charge in [0.25, 0.3) is 0 Å². The molecule has 1 aliphatic heterocycles. The van der Waals surface area contributed by atoms with Crippen molar-refractivity contribution in [1.82, 2.24) is 10.2 Å². The van der Waals surface area contributed by atoms with Gasteiger partial charge in [0.2, 0.25) is 11.8 Å². The van der Waals surface area contributed by atoms with Gasteiger partial charge in [0.15, 0.2) is 5.84 Å². The lowest BCUT2D eigenvalue weighted by atomic mass is 9.82. The fourth-order valence-corrected chi connectivity index (χ4v) is 4.68. The van der Waals surface area contributed by atoms with Crippen LogP contribution in [0.15, 0.2) is 29.4 Å². The van der Waals surface area contributed by atoms with Crippen LogP contribution in [0.4, 0.5) is 5.69 Å². The number of hydrogen-bond acceptors (Lipinski definition) is 7. The van der Waals surface area contributed by atoms with E-state index in [0.717, 1.165) is 32.1 Å². The average molecular weight is 474 g/mol. The minimum absolute atomic E-state index is 0.0135. The number of nitrogens with zero attached hydrogens (tertiary/aromatic N) is 3. The number of likely N-dealkylation sites (N-methyl/N-ethyl adjacent to an activating group) is 1. The van der Waals surface area contributed by atoms with E-state index in [1.807, 2.05) is 0 Å². The van der Waals surface area contributed by atoms with E-state index in [-0.39, 0.29) is 42.7 Å². The van der Waals surface area contributed by atoms with Crippen LogP contribution < -0.4 is 16.0 Å². The number of hydrogen-bond donors (Lipinski definition) is 3. The molecule has 1 saturated carbocycles. The molecule has 0 spiro atoms. The average Bonchev–Trinajstić information content (AvgIpc) is 2.83. The van der Waals surface area contributed by atoms with Gasteiger partial charge in [0.05, 0.1) is 19.2 Å². The zero-order valence-electron chi connectivity index (χ0n) is 19.9. The fraction of sp³-hybridized carbons (Fsp3) is 0.583. The van der Waals surface area contributed by atoms with Gasteiger partial charge in [0, 0.05) is 24.8 Å². The molecule has 2 aliphatic rings. The molecule has 0 bridgehead atoms. The van der Waals surface area contributed by atoms with Crippen molar-refractivity contribution in [2.45, 2.75) is 57.5 Å². The molecule has 1 aromatic carbocycles. The summed E-state index contributed by atoms with van der Waals surface area (Å²) < 4.78 is 5.01. The van der Waals surface area contributed by atoms with Gasteiger partial charge in [-0.2, -0.15) is 0 Å². The van der Waals surface area contributed by atoms with Crippen LogP contribution in [-0.2, 0) is 19.1 Å². The maximum atomic E-state index is 13.5. The van der Waals surface area contributed by atoms with Crippen molar-refractivity contribution in [3.05, 3.63) is 29.8 Å². The summed E-state index contributed by atoms with van der Waals surface area (Å²) in [5, 5.41) is 14.9. The summed E-state index contributed by atoms with van der Waals surface area (Å²) in [6.07, 6.45) is 5.70. The Morgan fingerprint density at radius 2 is 1.88 bits per heavy atom. The number of oxime groups is 1. The third-order valence-corrected chi connectivity index (χ3v) is 6.74. The highest BCUT2D eigenvalue weighted by Crippen LogP contribution is 2.30. The number of likely N-dealkylation sites (tertiary alicyclic amines) is 1. The van der Waals surface area contributed by atoms with Gasteiger partial charge >= 0.3 is 5.97 Å². The number of rotatable bonds is 9. The Morgan fingerprint density at radius 1 is 1.21 bits per heavy atom. The molecule has 0 radical (unpaired) electrons. The Morgan fingerprint density at radius 3 is 2.44 bits per heavy atom. The van der Waals surface area contributed by atoms with Gasteiger partial charge in [-0.15, -0.1) is 0 Å². The summed E-state index contributed by atoms with van der Waals surface area (Å²) in [6.45, 7) is 2.52. The molecule has 10 nitrogen and oxygen atoms in total. The predicted octanol–water partition coefficient (Wildman–Crippen LogP) is 1.45. The fourth-order valence-electron chi connectivity index (χ4n) is 4.68. The molecular formula is C24H35N5O5. The van der Waals surface area contributed by atoms with E-state index < -0.39 is 12.1 Å². The molecule has 2 amide bonds. The highest BCUT2D eigenvalue weighted by Gasteiger charge is 2.43. The second kappa shape index (κ2) is 11.8. The highest BCUT2D eigenvalue weighted by atomic mass is 16.5. The minimum atomic E-state index is -0.545. The van der Waals surface area contributed by atoms with E-state index in [1.165, 1.54) is 4.90 Å². The number of esters is 1. The second-order valence-corrected chi connectivity index (χ2v) is 8.83. The lowest BCUT2D eigenvalue weighted by molar-refractivity contribution is -0.150. The number of benzene rings is 1. The molecule has 10 heteroatoms. The third-order valence-electron chi connectivity index (χ3n) is 6.74. The number of ether oxygens (including phenoxy) is 1. The van der Waals surface area contributed by atoms with E-state index in [0.29, 0.717) is 24.2 Å². The Balaban J connectivity index is 1.68. The third kappa shape index (κ3) is 5.85. The van der Waals surface area contributed by atoms with Gasteiger partial charge < -0.3 is 25.5 Å². The second-order valence-electron chi connectivity index (χ2n) is 8.83. The van der Waals surface area contributed by atoms with Crippen LogP contribution in [0.3, 0.4) is 0 Å². The molecule has 0 unspecified atom stereocenters. The minimum Gasteiger partial charge on any atom is -0.465 e. The van der Waals surface area contributed by atoms with Crippen molar-refractivity contribution in [3.63, 3.8) is 0 Å². The number of nitrogens with one attached hydrogen (secondary N) is 1. The largest absolute Gasteiger partial charge is 0.465 e. The van der Waals surface area contributed by atoms with Gasteiger partial charge in [-0.3, -0.25) is 19.7 Å². The molecule has 0 aromatic heterocycles. The van der Waals surface area contributed by atoms with Gasteiger partial charge in [-0.1, -0.05) is 24.4 Å². The normalized spacial score (nSPS) is 19.8. The summed E-state index contributed by atoms with van der Waals surface area (Å²) in [7, 11) is 1.67. The Labute approximate surface area is 200 Å². The molecule has 34 heavy (non-hydrogen) atoms. The van der Waals surface area contributed by atoms with Crippen LogP contribution in [0.1, 0.15) is 51.0 Å². The van der Waals surface area contributed by atoms with Crippen molar-refractivity contribution in [3.8, 4) is 0 Å². The number of amides is 2. The topological polar surface area (TPSA) is 138 Å². The van der Waals surface area contributed by atoms with Crippen molar-refractivity contribution >= 4 is 29.3 Å². The van der Waals surface area contributed by atoms with Crippen LogP contribution in [0.2, 0.25) is 0 Å². The first-order chi connectivity index (χ1) is 16.4. The van der Waals surface area contributed by atoms with E-state index in [2.05, 4.69) is 10.5 Å². The van der Waals surface area contributed by atoms with Crippen molar-refractivity contribution in [1.29, 1.82) is 0 Å². The molecule has 2 atom stereocenters. The van der Waals surface area contributed by atoms with Gasteiger partial charge in [-0.25, -0.2) is 0 Å². The maximum absolute atomic E-state index is 13.5. The first-order valence-corrected chi connectivity index (χ1v) is 11.9. The van der Waals surface area contributed by atoms with Crippen LogP contribution in [-0.4, -0.2) is 72.6 Å². The van der Waals surface area contributed by atoms with E-state index in [1.54, 1.807) is 43.1 Å². The molecule has 1 heterocycles. The van der Waals surface area contributed by atoms with Crippen molar-refractivity contribution in [2.24, 2.45) is 16.8 Å². The SMILES string of the molecule is CCOC(=O)CN[C@@H](C(=O)N1CC[C@H]1C(=O)N(C)c1ccc(/C(N)=N/O)cc1)C1CCCCC1. The first kappa shape index (κ1) is 25.5. The number of carbonyl (C=O) groups excluding carboxylic acids is 3. The predicted molar refractivity (Wildman–Crippen MR) is 127 cm³/mol. The monoisotopic (exact) mass is 473 g/mol. The van der Waals surface area contributed by atoms with Gasteiger partial charge in [0.1, 0.15) is 6.04 Å². The number of nitrogens with two attached hydrogens (primary N) is 1. The van der Waals surface area contributed by atoms with Crippen molar-refractivity contribution < 1.29 is 24.3 Å². The summed E-state index contributed by atoms with van der Waals surface area (Å²) in [5.74, 6) is -0.570. The molecular weight excluding hydrogens is 438 g/mol. The zero-order valence-corrected chi connectivity index (χ0v) is 19.9. The molecule has 1 aromatic rings. The molecule has 2 fully saturated rings. The standard InChI is InChI=1S/C24H35N5O5/c1-3-34-20(30)15-26-21(16-7-5-4-6-8-16)24(32)29-14-13-19(29)23(31)28(2)18-11-9-17(10-12-18)22(25)27-33/h9-12,16,19,21,26,33H,3-8,13-15H2,1-2H3,(H2,25,27)/t19-,21+/m0/s1. The molecule has 186 valence electrons. The lowest BCUT2D eigenvalue weighted by Gasteiger charge is -2.44. The van der Waals surface area contributed by atoms with Crippen LogP contribution in [0, 0.1) is 5.92 Å². The highest BCUT2D eigenvalue weighted by molar-refractivity contribution is 6.01. The quantitative estimate of drug-likeness (QED) is 0.162. The van der Waals surface area contributed by atoms with E-state index in [9.17, 15) is 14.4 Å². The molecule has 1 aliphatic carbocycles. The van der Waals surface area contributed by atoms with Gasteiger partial charge in [-0.05, 0) is 56.4 Å². The molecule has 4 N–H and O–H groups in total. The van der Waals surface area contributed by atoms with E-state index in [4.69, 9.17) is 15.7 Å². The number of amidine groups is 1. The zero-order chi connectivity index (χ0) is 24.7. The summed E-state index contributed by atoms with van der Waals surface area (Å²) in [4.78, 5) is 41.8. The van der Waals surface area contributed by atoms with Crippen molar-refractivity contribution in [2.75, 3.05) is 31.6 Å². The number of carbonyl (C=O) groups is 3. The Bertz CT molecular complexity index is 898. The smallest absolute Gasteiger partial charge is 0.319 e. The maximum Gasteiger partial charge on any atom is 0.319 e. The summed E-state index contributed by atoms with van der Waals surface area (Å²) in [5.41, 5.74) is 6.78. The summed E-state index contributed by atoms with van der Waals surface area (Å²) >= 11 is 0. The van der Waals surface area contributed by atoms with Crippen LogP contribution >= 0.6 is 0 Å². The van der Waals surface area contributed by atoms with Crippen LogP contribution in [0.25, 0.3) is 0 Å². The number of anilines is 1. The Kier molecular flexibility index (Phi) is 8.86. The molecule has 1 saturated heterocycles. The Hall–Kier alpha value is -3.14. The van der Waals surface area contributed by atoms with E-state index >= 15 is 0 Å². The first-order valence-electron chi connectivity index (χ1n) is 11.9. The lowest BCUT2D eigenvalue weighted by Crippen LogP contribution is -2.63. The molecule has 3 rings (SSSR count). The van der Waals surface area contributed by atoms with Crippen LogP contribution in [0.5, 0.6) is 0 Å².